The van der Waals surface area contributed by atoms with Crippen molar-refractivity contribution >= 4 is 31.6 Å². The van der Waals surface area contributed by atoms with Crippen LogP contribution in [0.4, 0.5) is 10.1 Å². The number of nitrogens with two attached hydrogens (primary N) is 1. The first-order valence-electron chi connectivity index (χ1n) is 5.62. The van der Waals surface area contributed by atoms with Gasteiger partial charge < -0.3 is 10.7 Å². The molecule has 0 aliphatic carbocycles. The molecule has 4 N–H and O–H groups in total. The number of rotatable bonds is 5. The molecule has 108 valence electrons. The van der Waals surface area contributed by atoms with E-state index in [0.29, 0.717) is 12.2 Å². The van der Waals surface area contributed by atoms with Gasteiger partial charge >= 0.3 is 0 Å². The Morgan fingerprint density at radius 1 is 1.45 bits per heavy atom. The number of aromatic nitrogens is 2. The number of nitrogen functional groups attached to an aromatic ring is 1. The Hall–Kier alpha value is -1.45. The third kappa shape index (κ3) is 3.35. The second-order valence-corrected chi connectivity index (χ2v) is 6.59. The summed E-state index contributed by atoms with van der Waals surface area (Å²) in [5, 5.41) is 0. The summed E-state index contributed by atoms with van der Waals surface area (Å²) >= 11 is 2.93. The fourth-order valence-corrected chi connectivity index (χ4v) is 3.37. The van der Waals surface area contributed by atoms with Crippen molar-refractivity contribution in [1.29, 1.82) is 0 Å². The molecule has 2 rings (SSSR count). The van der Waals surface area contributed by atoms with E-state index < -0.39 is 20.7 Å². The van der Waals surface area contributed by atoms with Gasteiger partial charge in [0.15, 0.2) is 5.82 Å². The first kappa shape index (κ1) is 14.9. The van der Waals surface area contributed by atoms with E-state index in [2.05, 4.69) is 30.6 Å². The Morgan fingerprint density at radius 2 is 2.20 bits per heavy atom. The van der Waals surface area contributed by atoms with Crippen LogP contribution < -0.4 is 10.5 Å². The molecule has 9 heteroatoms. The predicted molar refractivity (Wildman–Crippen MR) is 76.0 cm³/mol. The SMILES string of the molecule is Nc1cc(Br)c(F)c(S(=O)(=O)NCCc2ncc[nH]2)c1. The molecule has 0 aliphatic heterocycles. The van der Waals surface area contributed by atoms with Gasteiger partial charge in [-0.25, -0.2) is 22.5 Å². The summed E-state index contributed by atoms with van der Waals surface area (Å²) in [6, 6.07) is 2.38. The minimum Gasteiger partial charge on any atom is -0.399 e. The zero-order chi connectivity index (χ0) is 14.8. The van der Waals surface area contributed by atoms with E-state index >= 15 is 0 Å². The van der Waals surface area contributed by atoms with Crippen molar-refractivity contribution in [1.82, 2.24) is 14.7 Å². The van der Waals surface area contributed by atoms with Gasteiger partial charge in [-0.05, 0) is 28.1 Å². The van der Waals surface area contributed by atoms with Crippen molar-refractivity contribution in [2.45, 2.75) is 11.3 Å². The van der Waals surface area contributed by atoms with Crippen LogP contribution in [0.15, 0.2) is 33.9 Å². The average Bonchev–Trinajstić information content (AvgIpc) is 2.86. The van der Waals surface area contributed by atoms with Crippen LogP contribution in [0.2, 0.25) is 0 Å². The van der Waals surface area contributed by atoms with Crippen molar-refractivity contribution in [2.24, 2.45) is 0 Å². The first-order chi connectivity index (χ1) is 9.40. The van der Waals surface area contributed by atoms with E-state index in [1.165, 1.54) is 6.07 Å². The molecule has 0 saturated carbocycles. The molecular weight excluding hydrogens is 351 g/mol. The van der Waals surface area contributed by atoms with Gasteiger partial charge in [-0.15, -0.1) is 0 Å². The lowest BCUT2D eigenvalue weighted by atomic mass is 10.3. The smallest absolute Gasteiger partial charge is 0.243 e. The van der Waals surface area contributed by atoms with Gasteiger partial charge in [0.25, 0.3) is 0 Å². The predicted octanol–water partition coefficient (Wildman–Crippen LogP) is 1.41. The number of anilines is 1. The maximum atomic E-state index is 13.8. The molecule has 0 bridgehead atoms. The summed E-state index contributed by atoms with van der Waals surface area (Å²) in [5.41, 5.74) is 5.68. The van der Waals surface area contributed by atoms with Crippen LogP contribution in [0.5, 0.6) is 0 Å². The number of nitrogens with zero attached hydrogens (tertiary/aromatic N) is 1. The highest BCUT2D eigenvalue weighted by atomic mass is 79.9. The van der Waals surface area contributed by atoms with Gasteiger partial charge in [0.2, 0.25) is 10.0 Å². The average molecular weight is 363 g/mol. The normalized spacial score (nSPS) is 11.7. The standard InChI is InChI=1S/C11H12BrFN4O2S/c12-8-5-7(14)6-9(11(8)13)20(18,19)17-2-1-10-15-3-4-16-10/h3-6,17H,1-2,14H2,(H,15,16). The minimum atomic E-state index is -3.97. The van der Waals surface area contributed by atoms with Gasteiger partial charge in [0.1, 0.15) is 10.7 Å². The van der Waals surface area contributed by atoms with Gasteiger partial charge in [0, 0.05) is 31.0 Å². The fourth-order valence-electron chi connectivity index (χ4n) is 1.60. The number of nitrogens with one attached hydrogen (secondary N) is 2. The zero-order valence-electron chi connectivity index (χ0n) is 10.2. The molecule has 20 heavy (non-hydrogen) atoms. The molecule has 2 aromatic rings. The molecular formula is C11H12BrFN4O2S. The molecule has 0 spiro atoms. The molecule has 6 nitrogen and oxygen atoms in total. The summed E-state index contributed by atoms with van der Waals surface area (Å²) in [5.74, 6) is -0.230. The first-order valence-corrected chi connectivity index (χ1v) is 7.90. The summed E-state index contributed by atoms with van der Waals surface area (Å²) in [6.45, 7) is 0.0989. The fraction of sp³-hybridized carbons (Fsp3) is 0.182. The molecule has 0 unspecified atom stereocenters. The number of sulfonamides is 1. The van der Waals surface area contributed by atoms with Crippen LogP contribution in [-0.4, -0.2) is 24.9 Å². The number of hydrogen-bond acceptors (Lipinski definition) is 4. The Balaban J connectivity index is 2.14. The molecule has 0 amide bonds. The molecule has 1 heterocycles. The molecule has 0 aliphatic rings. The van der Waals surface area contributed by atoms with Crippen LogP contribution in [0.3, 0.4) is 0 Å². The molecule has 0 saturated heterocycles. The molecule has 0 radical (unpaired) electrons. The van der Waals surface area contributed by atoms with Gasteiger partial charge in [0.05, 0.1) is 4.47 Å². The quantitative estimate of drug-likeness (QED) is 0.700. The third-order valence-electron chi connectivity index (χ3n) is 2.52. The number of hydrogen-bond donors (Lipinski definition) is 3. The lowest BCUT2D eigenvalue weighted by molar-refractivity contribution is 0.554. The second kappa shape index (κ2) is 5.90. The van der Waals surface area contributed by atoms with E-state index in [4.69, 9.17) is 5.73 Å². The second-order valence-electron chi connectivity index (χ2n) is 4.00. The van der Waals surface area contributed by atoms with Crippen LogP contribution in [0, 0.1) is 5.82 Å². The highest BCUT2D eigenvalue weighted by Crippen LogP contribution is 2.25. The van der Waals surface area contributed by atoms with Crippen molar-refractivity contribution < 1.29 is 12.8 Å². The van der Waals surface area contributed by atoms with E-state index in [1.807, 2.05) is 0 Å². The Bertz CT molecular complexity index is 703. The maximum absolute atomic E-state index is 13.8. The van der Waals surface area contributed by atoms with Crippen LogP contribution in [0.1, 0.15) is 5.82 Å². The summed E-state index contributed by atoms with van der Waals surface area (Å²) in [7, 11) is -3.97. The van der Waals surface area contributed by atoms with Crippen molar-refractivity contribution in [2.75, 3.05) is 12.3 Å². The summed E-state index contributed by atoms with van der Waals surface area (Å²) in [6.07, 6.45) is 3.58. The zero-order valence-corrected chi connectivity index (χ0v) is 12.6. The third-order valence-corrected chi connectivity index (χ3v) is 4.55. The number of imidazole rings is 1. The summed E-state index contributed by atoms with van der Waals surface area (Å²) < 4.78 is 40.2. The van der Waals surface area contributed by atoms with Crippen molar-refractivity contribution in [3.8, 4) is 0 Å². The van der Waals surface area contributed by atoms with Gasteiger partial charge in [-0.1, -0.05) is 0 Å². The number of halogens is 2. The monoisotopic (exact) mass is 362 g/mol. The van der Waals surface area contributed by atoms with Gasteiger partial charge in [-0.2, -0.15) is 0 Å². The van der Waals surface area contributed by atoms with Crippen LogP contribution >= 0.6 is 15.9 Å². The molecule has 0 fully saturated rings. The largest absolute Gasteiger partial charge is 0.399 e. The van der Waals surface area contributed by atoms with E-state index in [9.17, 15) is 12.8 Å². The Morgan fingerprint density at radius 3 is 2.85 bits per heavy atom. The van der Waals surface area contributed by atoms with Crippen molar-refractivity contribution in [3.05, 3.63) is 40.6 Å². The van der Waals surface area contributed by atoms with E-state index in [0.717, 1.165) is 6.07 Å². The Labute approximate surface area is 123 Å². The number of aromatic amines is 1. The Kier molecular flexibility index (Phi) is 4.41. The molecule has 1 aromatic heterocycles. The molecule has 1 aromatic carbocycles. The minimum absolute atomic E-state index is 0.00362. The van der Waals surface area contributed by atoms with E-state index in [1.54, 1.807) is 12.4 Å². The number of benzene rings is 1. The highest BCUT2D eigenvalue weighted by Gasteiger charge is 2.21. The maximum Gasteiger partial charge on any atom is 0.243 e. The lowest BCUT2D eigenvalue weighted by Gasteiger charge is -2.09. The van der Waals surface area contributed by atoms with Crippen LogP contribution in [-0.2, 0) is 16.4 Å². The van der Waals surface area contributed by atoms with Crippen molar-refractivity contribution in [3.63, 3.8) is 0 Å². The molecule has 0 atom stereocenters. The van der Waals surface area contributed by atoms with E-state index in [-0.39, 0.29) is 16.7 Å². The number of H-pyrrole nitrogens is 1. The van der Waals surface area contributed by atoms with Gasteiger partial charge in [-0.3, -0.25) is 0 Å². The topological polar surface area (TPSA) is 101 Å². The lowest BCUT2D eigenvalue weighted by Crippen LogP contribution is -2.27. The highest BCUT2D eigenvalue weighted by molar-refractivity contribution is 9.10. The van der Waals surface area contributed by atoms with Crippen LogP contribution in [0.25, 0.3) is 0 Å². The summed E-state index contributed by atoms with van der Waals surface area (Å²) in [4.78, 5) is 6.33.